The van der Waals surface area contributed by atoms with Gasteiger partial charge in [-0.25, -0.2) is 0 Å². The van der Waals surface area contributed by atoms with Crippen LogP contribution in [-0.2, 0) is 11.3 Å². The minimum atomic E-state index is 0.0461. The molecule has 1 atom stereocenters. The molecule has 2 rings (SSSR count). The van der Waals surface area contributed by atoms with Crippen LogP contribution in [0.2, 0.25) is 0 Å². The quantitative estimate of drug-likeness (QED) is 0.781. The van der Waals surface area contributed by atoms with Crippen LogP contribution in [0.3, 0.4) is 0 Å². The third kappa shape index (κ3) is 3.34. The Bertz CT molecular complexity index is 426. The minimum absolute atomic E-state index is 0.0461. The summed E-state index contributed by atoms with van der Waals surface area (Å²) < 4.78 is 0. The number of carbonyl (C=O) groups is 1. The van der Waals surface area contributed by atoms with Crippen molar-refractivity contribution < 1.29 is 9.90 Å². The van der Waals surface area contributed by atoms with E-state index in [-0.39, 0.29) is 11.7 Å². The van der Waals surface area contributed by atoms with E-state index in [4.69, 9.17) is 0 Å². The topological polar surface area (TPSA) is 49.3 Å². The van der Waals surface area contributed by atoms with Crippen molar-refractivity contribution in [1.29, 1.82) is 0 Å². The molecule has 1 aliphatic carbocycles. The van der Waals surface area contributed by atoms with Crippen molar-refractivity contribution in [3.8, 4) is 5.75 Å². The number of aromatic hydroxyl groups is 1. The number of allylic oxidation sites excluding steroid dienone is 2. The van der Waals surface area contributed by atoms with Crippen LogP contribution < -0.4 is 5.32 Å². The Morgan fingerprint density at radius 1 is 1.41 bits per heavy atom. The van der Waals surface area contributed by atoms with Gasteiger partial charge in [-0.1, -0.05) is 30.4 Å². The molecule has 0 saturated carbocycles. The number of para-hydroxylation sites is 1. The van der Waals surface area contributed by atoms with Gasteiger partial charge in [-0.2, -0.15) is 0 Å². The van der Waals surface area contributed by atoms with Crippen molar-refractivity contribution >= 4 is 5.91 Å². The van der Waals surface area contributed by atoms with Gasteiger partial charge in [-0.15, -0.1) is 0 Å². The molecule has 17 heavy (non-hydrogen) atoms. The largest absolute Gasteiger partial charge is 0.508 e. The van der Waals surface area contributed by atoms with Gasteiger partial charge in [-0.3, -0.25) is 4.79 Å². The standard InChI is InChI=1S/C14H17NO2/c16-13-8-4-3-7-12(13)10-15-14(17)9-11-5-1-2-6-11/h1,3-5,7-8,11,16H,2,6,9-10H2,(H,15,17). The van der Waals surface area contributed by atoms with Gasteiger partial charge < -0.3 is 10.4 Å². The van der Waals surface area contributed by atoms with Crippen LogP contribution in [0.25, 0.3) is 0 Å². The smallest absolute Gasteiger partial charge is 0.220 e. The van der Waals surface area contributed by atoms with Crippen LogP contribution >= 0.6 is 0 Å². The van der Waals surface area contributed by atoms with E-state index in [1.54, 1.807) is 12.1 Å². The van der Waals surface area contributed by atoms with Gasteiger partial charge in [-0.05, 0) is 24.8 Å². The zero-order chi connectivity index (χ0) is 12.1. The second-order valence-electron chi connectivity index (χ2n) is 4.38. The Morgan fingerprint density at radius 3 is 2.94 bits per heavy atom. The Morgan fingerprint density at radius 2 is 2.24 bits per heavy atom. The molecule has 1 aliphatic rings. The van der Waals surface area contributed by atoms with Crippen molar-refractivity contribution in [3.05, 3.63) is 42.0 Å². The fourth-order valence-electron chi connectivity index (χ4n) is 2.03. The number of phenolic OH excluding ortho intramolecular Hbond substituents is 1. The summed E-state index contributed by atoms with van der Waals surface area (Å²) in [5.41, 5.74) is 0.753. The highest BCUT2D eigenvalue weighted by Crippen LogP contribution is 2.20. The molecule has 0 heterocycles. The number of nitrogens with one attached hydrogen (secondary N) is 1. The van der Waals surface area contributed by atoms with Crippen LogP contribution in [0.15, 0.2) is 36.4 Å². The van der Waals surface area contributed by atoms with Gasteiger partial charge >= 0.3 is 0 Å². The molecule has 2 N–H and O–H groups in total. The number of rotatable bonds is 4. The number of benzene rings is 1. The lowest BCUT2D eigenvalue weighted by atomic mass is 10.0. The van der Waals surface area contributed by atoms with E-state index in [1.165, 1.54) is 0 Å². The molecular weight excluding hydrogens is 214 g/mol. The van der Waals surface area contributed by atoms with Crippen molar-refractivity contribution in [2.45, 2.75) is 25.8 Å². The Hall–Kier alpha value is -1.77. The lowest BCUT2D eigenvalue weighted by molar-refractivity contribution is -0.121. The molecule has 1 aromatic carbocycles. The molecule has 90 valence electrons. The second-order valence-corrected chi connectivity index (χ2v) is 4.38. The summed E-state index contributed by atoms with van der Waals surface area (Å²) in [5, 5.41) is 12.4. The predicted octanol–water partition coefficient (Wildman–Crippen LogP) is 2.36. The van der Waals surface area contributed by atoms with E-state index < -0.39 is 0 Å². The zero-order valence-electron chi connectivity index (χ0n) is 9.73. The highest BCUT2D eigenvalue weighted by molar-refractivity contribution is 5.76. The molecular formula is C14H17NO2. The third-order valence-corrected chi connectivity index (χ3v) is 3.03. The van der Waals surface area contributed by atoms with E-state index in [0.29, 0.717) is 18.9 Å². The Kier molecular flexibility index (Phi) is 3.81. The molecule has 3 heteroatoms. The second kappa shape index (κ2) is 5.53. The Balaban J connectivity index is 1.80. The highest BCUT2D eigenvalue weighted by Gasteiger charge is 2.13. The number of carbonyl (C=O) groups excluding carboxylic acids is 1. The number of hydrogen-bond donors (Lipinski definition) is 2. The lowest BCUT2D eigenvalue weighted by Gasteiger charge is -2.09. The maximum Gasteiger partial charge on any atom is 0.220 e. The van der Waals surface area contributed by atoms with Gasteiger partial charge in [0.2, 0.25) is 5.91 Å². The molecule has 0 saturated heterocycles. The summed E-state index contributed by atoms with van der Waals surface area (Å²) in [5.74, 6) is 0.665. The average Bonchev–Trinajstić information content (AvgIpc) is 2.81. The molecule has 0 fully saturated rings. The summed E-state index contributed by atoms with van der Waals surface area (Å²) in [4.78, 5) is 11.7. The number of hydrogen-bond acceptors (Lipinski definition) is 2. The van der Waals surface area contributed by atoms with E-state index in [0.717, 1.165) is 18.4 Å². The molecule has 3 nitrogen and oxygen atoms in total. The van der Waals surface area contributed by atoms with Crippen LogP contribution in [0.4, 0.5) is 0 Å². The van der Waals surface area contributed by atoms with Gasteiger partial charge in [0.1, 0.15) is 5.75 Å². The molecule has 1 aromatic rings. The van der Waals surface area contributed by atoms with Crippen LogP contribution in [0.5, 0.6) is 5.75 Å². The summed E-state index contributed by atoms with van der Waals surface area (Å²) in [6, 6.07) is 7.05. The van der Waals surface area contributed by atoms with E-state index in [2.05, 4.69) is 17.5 Å². The molecule has 1 unspecified atom stereocenters. The number of phenols is 1. The molecule has 0 aromatic heterocycles. The monoisotopic (exact) mass is 231 g/mol. The fraction of sp³-hybridized carbons (Fsp3) is 0.357. The highest BCUT2D eigenvalue weighted by atomic mass is 16.3. The van der Waals surface area contributed by atoms with Crippen LogP contribution in [-0.4, -0.2) is 11.0 Å². The van der Waals surface area contributed by atoms with Crippen molar-refractivity contribution in [2.75, 3.05) is 0 Å². The van der Waals surface area contributed by atoms with E-state index in [1.807, 2.05) is 12.1 Å². The molecule has 0 bridgehead atoms. The summed E-state index contributed by atoms with van der Waals surface area (Å²) >= 11 is 0. The van der Waals surface area contributed by atoms with Crippen molar-refractivity contribution in [1.82, 2.24) is 5.32 Å². The first-order valence-corrected chi connectivity index (χ1v) is 5.96. The molecule has 0 aliphatic heterocycles. The summed E-state index contributed by atoms with van der Waals surface area (Å²) in [7, 11) is 0. The van der Waals surface area contributed by atoms with Crippen molar-refractivity contribution in [2.24, 2.45) is 5.92 Å². The number of amides is 1. The van der Waals surface area contributed by atoms with Gasteiger partial charge in [0.25, 0.3) is 0 Å². The summed E-state index contributed by atoms with van der Waals surface area (Å²) in [6.07, 6.45) is 6.94. The van der Waals surface area contributed by atoms with E-state index >= 15 is 0 Å². The normalized spacial score (nSPS) is 18.2. The molecule has 0 radical (unpaired) electrons. The van der Waals surface area contributed by atoms with Gasteiger partial charge in [0, 0.05) is 18.5 Å². The summed E-state index contributed by atoms with van der Waals surface area (Å²) in [6.45, 7) is 0.391. The molecule has 0 spiro atoms. The Labute approximate surface area is 101 Å². The minimum Gasteiger partial charge on any atom is -0.508 e. The fourth-order valence-corrected chi connectivity index (χ4v) is 2.03. The lowest BCUT2D eigenvalue weighted by Crippen LogP contribution is -2.24. The first-order valence-electron chi connectivity index (χ1n) is 5.96. The zero-order valence-corrected chi connectivity index (χ0v) is 9.73. The first-order chi connectivity index (χ1) is 8.25. The predicted molar refractivity (Wildman–Crippen MR) is 66.4 cm³/mol. The average molecular weight is 231 g/mol. The maximum atomic E-state index is 11.7. The van der Waals surface area contributed by atoms with Crippen molar-refractivity contribution in [3.63, 3.8) is 0 Å². The van der Waals surface area contributed by atoms with E-state index in [9.17, 15) is 9.90 Å². The van der Waals surface area contributed by atoms with Crippen LogP contribution in [0, 0.1) is 5.92 Å². The molecule has 1 amide bonds. The maximum absolute atomic E-state index is 11.7. The first kappa shape index (κ1) is 11.7. The van der Waals surface area contributed by atoms with Gasteiger partial charge in [0.05, 0.1) is 0 Å². The van der Waals surface area contributed by atoms with Crippen LogP contribution in [0.1, 0.15) is 24.8 Å². The van der Waals surface area contributed by atoms with Gasteiger partial charge in [0.15, 0.2) is 0 Å². The SMILES string of the molecule is O=C(CC1C=CCC1)NCc1ccccc1O. The third-order valence-electron chi connectivity index (χ3n) is 3.03.